The van der Waals surface area contributed by atoms with Crippen LogP contribution in [0.5, 0.6) is 11.8 Å². The van der Waals surface area contributed by atoms with E-state index in [1.165, 1.54) is 0 Å². The third-order valence-corrected chi connectivity index (χ3v) is 4.15. The average molecular weight is 342 g/mol. The third kappa shape index (κ3) is 5.07. The molecule has 1 saturated carbocycles. The Morgan fingerprint density at radius 3 is 2.60 bits per heavy atom. The largest absolute Gasteiger partial charge is 0.497 e. The lowest BCUT2D eigenvalue weighted by molar-refractivity contribution is 0.129. The zero-order valence-electron chi connectivity index (χ0n) is 14.1. The van der Waals surface area contributed by atoms with Gasteiger partial charge in [0.2, 0.25) is 0 Å². The fourth-order valence-corrected chi connectivity index (χ4v) is 2.87. The predicted octanol–water partition coefficient (Wildman–Crippen LogP) is 3.00. The summed E-state index contributed by atoms with van der Waals surface area (Å²) in [5, 5.41) is 5.85. The Morgan fingerprint density at radius 2 is 1.88 bits per heavy atom. The van der Waals surface area contributed by atoms with Gasteiger partial charge in [-0.15, -0.1) is 0 Å². The van der Waals surface area contributed by atoms with Crippen LogP contribution in [0.3, 0.4) is 0 Å². The number of urea groups is 1. The van der Waals surface area contributed by atoms with Gasteiger partial charge in [0, 0.05) is 30.2 Å². The van der Waals surface area contributed by atoms with Gasteiger partial charge in [-0.05, 0) is 43.9 Å². The molecule has 2 aromatic rings. The Kier molecular flexibility index (Phi) is 5.66. The number of ether oxygens (including phenoxy) is 2. The molecule has 7 nitrogen and oxygen atoms in total. The standard InChI is InChI=1S/C18H22N4O3/c1-24-16-5-2-4-14(12-16)22-17(23)21-13-6-8-15(9-7-13)25-18-19-10-3-11-20-18/h2-5,10-13,15H,6-9H2,1H3,(H2,21,22,23). The number of anilines is 1. The Balaban J connectivity index is 1.43. The van der Waals surface area contributed by atoms with Gasteiger partial charge < -0.3 is 20.1 Å². The second-order valence-electron chi connectivity index (χ2n) is 5.95. The SMILES string of the molecule is COc1cccc(NC(=O)NC2CCC(Oc3ncccn3)CC2)c1. The minimum atomic E-state index is -0.205. The first-order valence-corrected chi connectivity index (χ1v) is 8.38. The van der Waals surface area contributed by atoms with E-state index in [1.807, 2.05) is 18.2 Å². The van der Waals surface area contributed by atoms with E-state index >= 15 is 0 Å². The summed E-state index contributed by atoms with van der Waals surface area (Å²) in [4.78, 5) is 20.3. The van der Waals surface area contributed by atoms with E-state index in [0.717, 1.165) is 25.7 Å². The number of nitrogens with one attached hydrogen (secondary N) is 2. The molecule has 1 heterocycles. The van der Waals surface area contributed by atoms with Gasteiger partial charge in [-0.25, -0.2) is 14.8 Å². The first-order valence-electron chi connectivity index (χ1n) is 8.38. The molecule has 1 fully saturated rings. The van der Waals surface area contributed by atoms with Crippen molar-refractivity contribution in [3.63, 3.8) is 0 Å². The van der Waals surface area contributed by atoms with Crippen LogP contribution < -0.4 is 20.1 Å². The Labute approximate surface area is 146 Å². The maximum atomic E-state index is 12.1. The van der Waals surface area contributed by atoms with E-state index in [4.69, 9.17) is 9.47 Å². The van der Waals surface area contributed by atoms with Crippen molar-refractivity contribution in [2.75, 3.05) is 12.4 Å². The summed E-state index contributed by atoms with van der Waals surface area (Å²) < 4.78 is 10.9. The number of carbonyl (C=O) groups is 1. The van der Waals surface area contributed by atoms with Crippen LogP contribution in [-0.2, 0) is 0 Å². The number of rotatable bonds is 5. The Bertz CT molecular complexity index is 688. The van der Waals surface area contributed by atoms with E-state index in [-0.39, 0.29) is 18.2 Å². The number of hydrogen-bond acceptors (Lipinski definition) is 5. The molecule has 0 bridgehead atoms. The quantitative estimate of drug-likeness (QED) is 0.872. The molecular weight excluding hydrogens is 320 g/mol. The molecule has 3 rings (SSSR count). The maximum absolute atomic E-state index is 12.1. The number of carbonyl (C=O) groups excluding carboxylic acids is 1. The van der Waals surface area contributed by atoms with Gasteiger partial charge in [-0.2, -0.15) is 0 Å². The van der Waals surface area contributed by atoms with Crippen LogP contribution in [0.15, 0.2) is 42.7 Å². The molecule has 2 N–H and O–H groups in total. The highest BCUT2D eigenvalue weighted by molar-refractivity contribution is 5.89. The fourth-order valence-electron chi connectivity index (χ4n) is 2.87. The highest BCUT2D eigenvalue weighted by Crippen LogP contribution is 2.22. The number of nitrogens with zero attached hydrogens (tertiary/aromatic N) is 2. The minimum absolute atomic E-state index is 0.0990. The third-order valence-electron chi connectivity index (χ3n) is 4.15. The zero-order chi connectivity index (χ0) is 17.5. The van der Waals surface area contributed by atoms with E-state index < -0.39 is 0 Å². The summed E-state index contributed by atoms with van der Waals surface area (Å²) in [6.45, 7) is 0. The van der Waals surface area contributed by atoms with Crippen molar-refractivity contribution in [3.8, 4) is 11.8 Å². The Morgan fingerprint density at radius 1 is 1.12 bits per heavy atom. The zero-order valence-corrected chi connectivity index (χ0v) is 14.1. The molecule has 1 aromatic heterocycles. The lowest BCUT2D eigenvalue weighted by atomic mass is 9.93. The van der Waals surface area contributed by atoms with Crippen molar-refractivity contribution in [1.29, 1.82) is 0 Å². The highest BCUT2D eigenvalue weighted by Gasteiger charge is 2.24. The topological polar surface area (TPSA) is 85.4 Å². The molecule has 0 aliphatic heterocycles. The number of amides is 2. The molecule has 0 spiro atoms. The normalized spacial score (nSPS) is 19.7. The Hall–Kier alpha value is -2.83. The summed E-state index contributed by atoms with van der Waals surface area (Å²) in [7, 11) is 1.60. The first kappa shape index (κ1) is 17.0. The van der Waals surface area contributed by atoms with Crippen LogP contribution in [-0.4, -0.2) is 35.3 Å². The minimum Gasteiger partial charge on any atom is -0.497 e. The lowest BCUT2D eigenvalue weighted by Gasteiger charge is -2.28. The fraction of sp³-hybridized carbons (Fsp3) is 0.389. The van der Waals surface area contributed by atoms with Crippen molar-refractivity contribution >= 4 is 11.7 Å². The van der Waals surface area contributed by atoms with Gasteiger partial charge in [-0.3, -0.25) is 0 Å². The average Bonchev–Trinajstić information content (AvgIpc) is 2.64. The van der Waals surface area contributed by atoms with Crippen LogP contribution in [0.4, 0.5) is 10.5 Å². The van der Waals surface area contributed by atoms with Gasteiger partial charge >= 0.3 is 12.0 Å². The van der Waals surface area contributed by atoms with Crippen molar-refractivity contribution in [2.45, 2.75) is 37.8 Å². The summed E-state index contributed by atoms with van der Waals surface area (Å²) in [6.07, 6.45) is 6.88. The predicted molar refractivity (Wildman–Crippen MR) is 93.9 cm³/mol. The molecule has 0 radical (unpaired) electrons. The molecule has 132 valence electrons. The summed E-state index contributed by atoms with van der Waals surface area (Å²) in [5.41, 5.74) is 0.704. The second-order valence-corrected chi connectivity index (χ2v) is 5.95. The number of benzene rings is 1. The number of hydrogen-bond donors (Lipinski definition) is 2. The first-order chi connectivity index (χ1) is 12.2. The van der Waals surface area contributed by atoms with E-state index in [2.05, 4.69) is 20.6 Å². The van der Waals surface area contributed by atoms with E-state index in [9.17, 15) is 4.79 Å². The van der Waals surface area contributed by atoms with Gasteiger partial charge in [-0.1, -0.05) is 6.07 Å². The highest BCUT2D eigenvalue weighted by atomic mass is 16.5. The molecule has 2 amide bonds. The summed E-state index contributed by atoms with van der Waals surface area (Å²) in [5.74, 6) is 0.707. The molecule has 7 heteroatoms. The maximum Gasteiger partial charge on any atom is 0.319 e. The molecular formula is C18H22N4O3. The van der Waals surface area contributed by atoms with Crippen LogP contribution >= 0.6 is 0 Å². The van der Waals surface area contributed by atoms with Crippen molar-refractivity contribution in [2.24, 2.45) is 0 Å². The monoisotopic (exact) mass is 342 g/mol. The number of aromatic nitrogens is 2. The molecule has 0 saturated heterocycles. The number of methoxy groups -OCH3 is 1. The molecule has 25 heavy (non-hydrogen) atoms. The van der Waals surface area contributed by atoms with Gasteiger partial charge in [0.15, 0.2) is 0 Å². The van der Waals surface area contributed by atoms with Crippen LogP contribution in [0.1, 0.15) is 25.7 Å². The smallest absolute Gasteiger partial charge is 0.319 e. The molecule has 0 atom stereocenters. The van der Waals surface area contributed by atoms with Crippen molar-refractivity contribution in [3.05, 3.63) is 42.7 Å². The van der Waals surface area contributed by atoms with Gasteiger partial charge in [0.25, 0.3) is 0 Å². The second kappa shape index (κ2) is 8.32. The molecule has 1 aromatic carbocycles. The van der Waals surface area contributed by atoms with Crippen LogP contribution in [0, 0.1) is 0 Å². The summed E-state index contributed by atoms with van der Waals surface area (Å²) >= 11 is 0. The van der Waals surface area contributed by atoms with Crippen molar-refractivity contribution < 1.29 is 14.3 Å². The lowest BCUT2D eigenvalue weighted by Crippen LogP contribution is -2.41. The van der Waals surface area contributed by atoms with E-state index in [0.29, 0.717) is 17.4 Å². The molecule has 1 aliphatic rings. The van der Waals surface area contributed by atoms with Crippen LogP contribution in [0.2, 0.25) is 0 Å². The van der Waals surface area contributed by atoms with E-state index in [1.54, 1.807) is 31.6 Å². The molecule has 1 aliphatic carbocycles. The summed E-state index contributed by atoms with van der Waals surface area (Å²) in [6, 6.07) is 9.38. The van der Waals surface area contributed by atoms with Crippen LogP contribution in [0.25, 0.3) is 0 Å². The van der Waals surface area contributed by atoms with Crippen molar-refractivity contribution in [1.82, 2.24) is 15.3 Å². The van der Waals surface area contributed by atoms with Gasteiger partial charge in [0.05, 0.1) is 7.11 Å². The van der Waals surface area contributed by atoms with Gasteiger partial charge in [0.1, 0.15) is 11.9 Å². The molecule has 0 unspecified atom stereocenters.